The van der Waals surface area contributed by atoms with Gasteiger partial charge in [0.25, 0.3) is 0 Å². The van der Waals surface area contributed by atoms with E-state index in [1.54, 1.807) is 48.5 Å². The van der Waals surface area contributed by atoms with Crippen LogP contribution < -0.4 is 18.9 Å². The van der Waals surface area contributed by atoms with Crippen molar-refractivity contribution in [2.24, 2.45) is 0 Å². The van der Waals surface area contributed by atoms with Crippen LogP contribution >= 0.6 is 0 Å². The van der Waals surface area contributed by atoms with Crippen LogP contribution in [0.5, 0.6) is 23.0 Å². The molecule has 0 spiro atoms. The highest BCUT2D eigenvalue weighted by Crippen LogP contribution is 2.27. The predicted octanol–water partition coefficient (Wildman–Crippen LogP) is 3.54. The Morgan fingerprint density at radius 1 is 0.607 bits per heavy atom. The molecular formula is C21H17NO6. The molecule has 3 rings (SSSR count). The third-order valence-electron chi connectivity index (χ3n) is 3.71. The van der Waals surface area contributed by atoms with Crippen LogP contribution in [0.25, 0.3) is 0 Å². The Labute approximate surface area is 161 Å². The van der Waals surface area contributed by atoms with Gasteiger partial charge >= 0.3 is 11.9 Å². The molecule has 0 unspecified atom stereocenters. The molecular weight excluding hydrogens is 362 g/mol. The number of pyridine rings is 1. The third kappa shape index (κ3) is 4.27. The van der Waals surface area contributed by atoms with Crippen molar-refractivity contribution in [3.8, 4) is 23.0 Å². The third-order valence-corrected chi connectivity index (χ3v) is 3.71. The van der Waals surface area contributed by atoms with Crippen LogP contribution in [0.4, 0.5) is 0 Å². The molecule has 0 fully saturated rings. The first-order chi connectivity index (χ1) is 13.6. The van der Waals surface area contributed by atoms with Crippen LogP contribution in [0.1, 0.15) is 21.0 Å². The molecule has 0 aliphatic carbocycles. The lowest BCUT2D eigenvalue weighted by molar-refractivity contribution is 0.0717. The zero-order valence-electron chi connectivity index (χ0n) is 15.2. The summed E-state index contributed by atoms with van der Waals surface area (Å²) >= 11 is 0. The number of ether oxygens (including phenoxy) is 4. The predicted molar refractivity (Wildman–Crippen MR) is 100 cm³/mol. The quantitative estimate of drug-likeness (QED) is 0.478. The molecule has 1 heterocycles. The summed E-state index contributed by atoms with van der Waals surface area (Å²) in [6.45, 7) is 0. The fourth-order valence-corrected chi connectivity index (χ4v) is 2.37. The minimum absolute atomic E-state index is 0.0413. The van der Waals surface area contributed by atoms with E-state index in [0.29, 0.717) is 11.5 Å². The number of nitrogens with zero attached hydrogens (tertiary/aromatic N) is 1. The molecule has 0 radical (unpaired) electrons. The summed E-state index contributed by atoms with van der Waals surface area (Å²) in [6, 6.07) is 17.8. The van der Waals surface area contributed by atoms with E-state index >= 15 is 0 Å². The van der Waals surface area contributed by atoms with Gasteiger partial charge in [0.15, 0.2) is 23.0 Å². The minimum atomic E-state index is -0.726. The number of hydrogen-bond donors (Lipinski definition) is 0. The molecule has 7 nitrogen and oxygen atoms in total. The maximum Gasteiger partial charge on any atom is 0.362 e. The van der Waals surface area contributed by atoms with Crippen molar-refractivity contribution in [1.29, 1.82) is 0 Å². The zero-order valence-corrected chi connectivity index (χ0v) is 15.2. The Bertz CT molecular complexity index is 925. The molecule has 0 saturated heterocycles. The number of hydrogen-bond acceptors (Lipinski definition) is 7. The van der Waals surface area contributed by atoms with Gasteiger partial charge < -0.3 is 18.9 Å². The Balaban J connectivity index is 1.78. The normalized spacial score (nSPS) is 10.1. The molecule has 0 aliphatic rings. The van der Waals surface area contributed by atoms with Crippen molar-refractivity contribution >= 4 is 11.9 Å². The molecule has 2 aromatic carbocycles. The van der Waals surface area contributed by atoms with Crippen molar-refractivity contribution in [3.63, 3.8) is 0 Å². The largest absolute Gasteiger partial charge is 0.493 e. The van der Waals surface area contributed by atoms with Crippen molar-refractivity contribution < 1.29 is 28.5 Å². The smallest absolute Gasteiger partial charge is 0.362 e. The van der Waals surface area contributed by atoms with E-state index < -0.39 is 11.9 Å². The molecule has 0 bridgehead atoms. The highest BCUT2D eigenvalue weighted by Gasteiger charge is 2.18. The Kier molecular flexibility index (Phi) is 5.86. The summed E-state index contributed by atoms with van der Waals surface area (Å²) in [6.07, 6.45) is 0. The molecule has 0 N–H and O–H groups in total. The Hall–Kier alpha value is -3.87. The van der Waals surface area contributed by atoms with Crippen LogP contribution in [0.3, 0.4) is 0 Å². The molecule has 3 aromatic rings. The van der Waals surface area contributed by atoms with Gasteiger partial charge in [-0.1, -0.05) is 30.3 Å². The number of methoxy groups -OCH3 is 2. The number of aromatic nitrogens is 1. The molecule has 0 saturated carbocycles. The summed E-state index contributed by atoms with van der Waals surface area (Å²) in [5.74, 6) is -0.143. The van der Waals surface area contributed by atoms with E-state index in [-0.39, 0.29) is 22.9 Å². The van der Waals surface area contributed by atoms with E-state index in [1.165, 1.54) is 32.4 Å². The highest BCUT2D eigenvalue weighted by molar-refractivity contribution is 5.93. The van der Waals surface area contributed by atoms with Crippen LogP contribution in [0.15, 0.2) is 66.7 Å². The summed E-state index contributed by atoms with van der Waals surface area (Å²) < 4.78 is 20.9. The molecule has 0 atom stereocenters. The maximum atomic E-state index is 12.4. The van der Waals surface area contributed by atoms with Crippen molar-refractivity contribution in [2.45, 2.75) is 0 Å². The number of carbonyl (C=O) groups is 2. The SMILES string of the molecule is COc1ccccc1OC(=O)c1cccc(C(=O)Oc2ccccc2OC)n1. The van der Waals surface area contributed by atoms with Crippen LogP contribution in [-0.2, 0) is 0 Å². The molecule has 28 heavy (non-hydrogen) atoms. The van der Waals surface area contributed by atoms with Gasteiger partial charge in [0, 0.05) is 0 Å². The topological polar surface area (TPSA) is 84.0 Å². The first-order valence-electron chi connectivity index (χ1n) is 8.30. The summed E-state index contributed by atoms with van der Waals surface area (Å²) in [4.78, 5) is 28.9. The van der Waals surface area contributed by atoms with Gasteiger partial charge in [-0.15, -0.1) is 0 Å². The van der Waals surface area contributed by atoms with Crippen molar-refractivity contribution in [2.75, 3.05) is 14.2 Å². The Morgan fingerprint density at radius 3 is 1.39 bits per heavy atom. The zero-order chi connectivity index (χ0) is 19.9. The van der Waals surface area contributed by atoms with E-state index in [9.17, 15) is 9.59 Å². The lowest BCUT2D eigenvalue weighted by Gasteiger charge is -2.10. The van der Waals surface area contributed by atoms with Gasteiger partial charge in [-0.2, -0.15) is 0 Å². The second-order valence-corrected chi connectivity index (χ2v) is 5.49. The fourth-order valence-electron chi connectivity index (χ4n) is 2.37. The van der Waals surface area contributed by atoms with Gasteiger partial charge in [-0.05, 0) is 36.4 Å². The first kappa shape index (κ1) is 18.9. The number of benzene rings is 2. The second-order valence-electron chi connectivity index (χ2n) is 5.49. The number of carbonyl (C=O) groups excluding carboxylic acids is 2. The van der Waals surface area contributed by atoms with Gasteiger partial charge in [-0.25, -0.2) is 14.6 Å². The molecule has 7 heteroatoms. The van der Waals surface area contributed by atoms with Crippen LogP contribution in [0, 0.1) is 0 Å². The average Bonchev–Trinajstić information content (AvgIpc) is 2.74. The second kappa shape index (κ2) is 8.68. The summed E-state index contributed by atoms with van der Waals surface area (Å²) in [5, 5.41) is 0. The van der Waals surface area contributed by atoms with E-state index in [4.69, 9.17) is 18.9 Å². The Morgan fingerprint density at radius 2 is 1.00 bits per heavy atom. The van der Waals surface area contributed by atoms with Crippen LogP contribution in [0.2, 0.25) is 0 Å². The van der Waals surface area contributed by atoms with Gasteiger partial charge in [0.05, 0.1) is 14.2 Å². The van der Waals surface area contributed by atoms with E-state index in [0.717, 1.165) is 0 Å². The number of rotatable bonds is 6. The standard InChI is InChI=1S/C21H17NO6/c1-25-16-10-3-5-12-18(16)27-20(23)14-8-7-9-15(22-14)21(24)28-19-13-6-4-11-17(19)26-2/h3-13H,1-2H3. The number of para-hydroxylation sites is 4. The van der Waals surface area contributed by atoms with Gasteiger partial charge in [0.1, 0.15) is 11.4 Å². The van der Waals surface area contributed by atoms with Crippen LogP contribution in [-0.4, -0.2) is 31.1 Å². The van der Waals surface area contributed by atoms with E-state index in [2.05, 4.69) is 4.98 Å². The number of esters is 2. The molecule has 1 aromatic heterocycles. The average molecular weight is 379 g/mol. The fraction of sp³-hybridized carbons (Fsp3) is 0.0952. The van der Waals surface area contributed by atoms with Gasteiger partial charge in [-0.3, -0.25) is 0 Å². The maximum absolute atomic E-state index is 12.4. The summed E-state index contributed by atoms with van der Waals surface area (Å²) in [5.41, 5.74) is -0.0826. The van der Waals surface area contributed by atoms with E-state index in [1.807, 2.05) is 0 Å². The molecule has 0 aliphatic heterocycles. The monoisotopic (exact) mass is 379 g/mol. The highest BCUT2D eigenvalue weighted by atomic mass is 16.6. The lowest BCUT2D eigenvalue weighted by Crippen LogP contribution is -2.16. The summed E-state index contributed by atoms with van der Waals surface area (Å²) in [7, 11) is 2.94. The molecule has 142 valence electrons. The minimum Gasteiger partial charge on any atom is -0.493 e. The molecule has 0 amide bonds. The lowest BCUT2D eigenvalue weighted by atomic mass is 10.3. The van der Waals surface area contributed by atoms with Gasteiger partial charge in [0.2, 0.25) is 0 Å². The van der Waals surface area contributed by atoms with Crippen molar-refractivity contribution in [3.05, 3.63) is 78.1 Å². The first-order valence-corrected chi connectivity index (χ1v) is 8.30. The van der Waals surface area contributed by atoms with Crippen molar-refractivity contribution in [1.82, 2.24) is 4.98 Å².